The van der Waals surface area contributed by atoms with E-state index in [1.807, 2.05) is 0 Å². The number of hydrogen-bond donors (Lipinski definition) is 1. The van der Waals surface area contributed by atoms with Gasteiger partial charge in [0.2, 0.25) is 0 Å². The second-order valence-electron chi connectivity index (χ2n) is 7.81. The first-order valence-electron chi connectivity index (χ1n) is 7.54. The maximum absolute atomic E-state index is 6.31. The molecule has 0 amide bonds. The molecule has 1 saturated carbocycles. The van der Waals surface area contributed by atoms with Crippen LogP contribution in [0.4, 0.5) is 0 Å². The van der Waals surface area contributed by atoms with Crippen molar-refractivity contribution >= 4 is 0 Å². The maximum atomic E-state index is 6.31. The summed E-state index contributed by atoms with van der Waals surface area (Å²) in [4.78, 5) is 0. The number of likely N-dealkylation sites (N-methyl/N-ethyl adjacent to an activating group) is 1. The molecular formula is C16H33NO. The molecule has 0 heterocycles. The van der Waals surface area contributed by atoms with Crippen molar-refractivity contribution in [3.05, 3.63) is 0 Å². The molecule has 1 fully saturated rings. The Bertz CT molecular complexity index is 249. The lowest BCUT2D eigenvalue weighted by atomic mass is 9.70. The average Bonchev–Trinajstić information content (AvgIpc) is 2.17. The zero-order chi connectivity index (χ0) is 14.0. The van der Waals surface area contributed by atoms with Crippen molar-refractivity contribution in [1.29, 1.82) is 0 Å². The van der Waals surface area contributed by atoms with Gasteiger partial charge in [0.15, 0.2) is 0 Å². The van der Waals surface area contributed by atoms with Crippen LogP contribution >= 0.6 is 0 Å². The van der Waals surface area contributed by atoms with E-state index in [0.717, 1.165) is 12.5 Å². The fourth-order valence-corrected chi connectivity index (χ4v) is 3.00. The van der Waals surface area contributed by atoms with Crippen molar-refractivity contribution in [3.63, 3.8) is 0 Å². The molecule has 1 N–H and O–H groups in total. The third kappa shape index (κ3) is 4.89. The molecule has 0 aromatic rings. The normalized spacial score (nSPS) is 30.5. The maximum Gasteiger partial charge on any atom is 0.0737 e. The van der Waals surface area contributed by atoms with E-state index in [2.05, 4.69) is 53.8 Å². The minimum absolute atomic E-state index is 0.0435. The van der Waals surface area contributed by atoms with Gasteiger partial charge < -0.3 is 10.1 Å². The Morgan fingerprint density at radius 3 is 2.11 bits per heavy atom. The van der Waals surface area contributed by atoms with Gasteiger partial charge in [-0.2, -0.15) is 0 Å². The minimum atomic E-state index is -0.0435. The second-order valence-corrected chi connectivity index (χ2v) is 7.81. The molecule has 108 valence electrons. The smallest absolute Gasteiger partial charge is 0.0737 e. The summed E-state index contributed by atoms with van der Waals surface area (Å²) in [5.74, 6) is 0.778. The summed E-state index contributed by atoms with van der Waals surface area (Å²) in [6.45, 7) is 16.8. The Kier molecular flexibility index (Phi) is 5.25. The van der Waals surface area contributed by atoms with E-state index in [1.54, 1.807) is 0 Å². The van der Waals surface area contributed by atoms with E-state index in [1.165, 1.54) is 19.3 Å². The first-order valence-corrected chi connectivity index (χ1v) is 7.54. The van der Waals surface area contributed by atoms with Crippen LogP contribution in [0.1, 0.15) is 67.7 Å². The Morgan fingerprint density at radius 2 is 1.67 bits per heavy atom. The zero-order valence-electron chi connectivity index (χ0n) is 13.5. The number of nitrogens with one attached hydrogen (secondary N) is 1. The first kappa shape index (κ1) is 16.0. The van der Waals surface area contributed by atoms with Gasteiger partial charge in [0, 0.05) is 6.04 Å². The number of rotatable bonds is 3. The molecular weight excluding hydrogens is 222 g/mol. The SMILES string of the molecule is CCNC1CCC(C(C)(C)C)CC1OC(C)(C)C. The van der Waals surface area contributed by atoms with Gasteiger partial charge in [0.1, 0.15) is 0 Å². The predicted molar refractivity (Wildman–Crippen MR) is 78.9 cm³/mol. The summed E-state index contributed by atoms with van der Waals surface area (Å²) in [6, 6.07) is 0.535. The van der Waals surface area contributed by atoms with Crippen LogP contribution in [-0.4, -0.2) is 24.3 Å². The summed E-state index contributed by atoms with van der Waals surface area (Å²) in [7, 11) is 0. The van der Waals surface area contributed by atoms with Gasteiger partial charge in [-0.15, -0.1) is 0 Å². The van der Waals surface area contributed by atoms with Gasteiger partial charge in [0.25, 0.3) is 0 Å². The predicted octanol–water partition coefficient (Wildman–Crippen LogP) is 3.99. The van der Waals surface area contributed by atoms with Gasteiger partial charge in [0.05, 0.1) is 11.7 Å². The molecule has 0 saturated heterocycles. The summed E-state index contributed by atoms with van der Waals surface area (Å²) in [5.41, 5.74) is 0.356. The van der Waals surface area contributed by atoms with Gasteiger partial charge in [-0.1, -0.05) is 27.7 Å². The topological polar surface area (TPSA) is 21.3 Å². The highest BCUT2D eigenvalue weighted by Crippen LogP contribution is 2.39. The van der Waals surface area contributed by atoms with E-state index in [0.29, 0.717) is 17.6 Å². The van der Waals surface area contributed by atoms with Crippen LogP contribution in [0.25, 0.3) is 0 Å². The highest BCUT2D eigenvalue weighted by Gasteiger charge is 2.37. The highest BCUT2D eigenvalue weighted by molar-refractivity contribution is 4.90. The lowest BCUT2D eigenvalue weighted by Gasteiger charge is -2.44. The Balaban J connectivity index is 2.70. The largest absolute Gasteiger partial charge is 0.371 e. The molecule has 3 unspecified atom stereocenters. The Labute approximate surface area is 114 Å². The summed E-state index contributed by atoms with van der Waals surface area (Å²) in [6.07, 6.45) is 4.13. The zero-order valence-corrected chi connectivity index (χ0v) is 13.5. The van der Waals surface area contributed by atoms with Gasteiger partial charge in [-0.05, 0) is 57.9 Å². The standard InChI is InChI=1S/C16H33NO/c1-8-17-13-10-9-12(15(2,3)4)11-14(13)18-16(5,6)7/h12-14,17H,8-11H2,1-7H3. The van der Waals surface area contributed by atoms with Crippen molar-refractivity contribution in [2.45, 2.75) is 85.5 Å². The molecule has 0 bridgehead atoms. The highest BCUT2D eigenvalue weighted by atomic mass is 16.5. The van der Waals surface area contributed by atoms with Crippen molar-refractivity contribution in [2.24, 2.45) is 11.3 Å². The van der Waals surface area contributed by atoms with E-state index in [4.69, 9.17) is 4.74 Å². The summed E-state index contributed by atoms with van der Waals surface area (Å²) >= 11 is 0. The van der Waals surface area contributed by atoms with Crippen molar-refractivity contribution in [2.75, 3.05) is 6.54 Å². The molecule has 2 nitrogen and oxygen atoms in total. The molecule has 0 spiro atoms. The molecule has 0 aromatic heterocycles. The number of hydrogen-bond acceptors (Lipinski definition) is 2. The van der Waals surface area contributed by atoms with E-state index >= 15 is 0 Å². The molecule has 1 aliphatic rings. The molecule has 3 atom stereocenters. The van der Waals surface area contributed by atoms with Crippen LogP contribution in [0.2, 0.25) is 0 Å². The van der Waals surface area contributed by atoms with Crippen LogP contribution in [0.3, 0.4) is 0 Å². The van der Waals surface area contributed by atoms with Crippen LogP contribution < -0.4 is 5.32 Å². The van der Waals surface area contributed by atoms with Gasteiger partial charge in [-0.25, -0.2) is 0 Å². The molecule has 2 heteroatoms. The second kappa shape index (κ2) is 5.92. The molecule has 0 aliphatic heterocycles. The molecule has 18 heavy (non-hydrogen) atoms. The van der Waals surface area contributed by atoms with E-state index in [-0.39, 0.29) is 5.60 Å². The monoisotopic (exact) mass is 255 g/mol. The lowest BCUT2D eigenvalue weighted by molar-refractivity contribution is -0.103. The van der Waals surface area contributed by atoms with E-state index < -0.39 is 0 Å². The quantitative estimate of drug-likeness (QED) is 0.823. The van der Waals surface area contributed by atoms with Crippen LogP contribution in [0.15, 0.2) is 0 Å². The fourth-order valence-electron chi connectivity index (χ4n) is 3.00. The Hall–Kier alpha value is -0.0800. The summed E-state index contributed by atoms with van der Waals surface area (Å²) in [5, 5.41) is 3.60. The molecule has 0 radical (unpaired) electrons. The van der Waals surface area contributed by atoms with Crippen molar-refractivity contribution < 1.29 is 4.74 Å². The van der Waals surface area contributed by atoms with E-state index in [9.17, 15) is 0 Å². The van der Waals surface area contributed by atoms with Crippen LogP contribution in [0.5, 0.6) is 0 Å². The molecule has 0 aromatic carbocycles. The first-order chi connectivity index (χ1) is 8.13. The third-order valence-corrected chi connectivity index (χ3v) is 3.99. The average molecular weight is 255 g/mol. The van der Waals surface area contributed by atoms with Gasteiger partial charge in [-0.3, -0.25) is 0 Å². The lowest BCUT2D eigenvalue weighted by Crippen LogP contribution is -2.49. The van der Waals surface area contributed by atoms with Crippen LogP contribution in [0, 0.1) is 11.3 Å². The third-order valence-electron chi connectivity index (χ3n) is 3.99. The Morgan fingerprint density at radius 1 is 1.06 bits per heavy atom. The minimum Gasteiger partial charge on any atom is -0.371 e. The van der Waals surface area contributed by atoms with Crippen molar-refractivity contribution in [1.82, 2.24) is 5.32 Å². The summed E-state index contributed by atoms with van der Waals surface area (Å²) < 4.78 is 6.31. The van der Waals surface area contributed by atoms with Gasteiger partial charge >= 0.3 is 0 Å². The molecule has 1 rings (SSSR count). The molecule has 1 aliphatic carbocycles. The van der Waals surface area contributed by atoms with Crippen LogP contribution in [-0.2, 0) is 4.74 Å². The van der Waals surface area contributed by atoms with Crippen molar-refractivity contribution in [3.8, 4) is 0 Å². The fraction of sp³-hybridized carbons (Fsp3) is 1.00. The number of ether oxygens (including phenoxy) is 1.